The van der Waals surface area contributed by atoms with Crippen LogP contribution in [0.15, 0.2) is 35.1 Å². The number of ether oxygens (including phenoxy) is 1. The van der Waals surface area contributed by atoms with Gasteiger partial charge in [-0.3, -0.25) is 19.6 Å². The van der Waals surface area contributed by atoms with Crippen LogP contribution in [-0.2, 0) is 24.3 Å². The summed E-state index contributed by atoms with van der Waals surface area (Å²) in [5.74, 6) is 0.937. The van der Waals surface area contributed by atoms with E-state index in [-0.39, 0.29) is 17.5 Å². The Hall–Kier alpha value is -3.13. The first kappa shape index (κ1) is 21.7. The first-order valence-corrected chi connectivity index (χ1v) is 11.9. The number of benzene rings is 1. The average molecular weight is 450 g/mol. The highest BCUT2D eigenvalue weighted by atomic mass is 16.5. The van der Waals surface area contributed by atoms with E-state index in [4.69, 9.17) is 9.72 Å². The average Bonchev–Trinajstić information content (AvgIpc) is 3.28. The molecule has 1 unspecified atom stereocenters. The van der Waals surface area contributed by atoms with E-state index in [0.717, 1.165) is 43.1 Å². The molecule has 2 aliphatic heterocycles. The number of fused-ring (bicyclic) bond motifs is 2. The fraction of sp³-hybridized carbons (Fsp3) is 0.480. The minimum atomic E-state index is -0.0904. The van der Waals surface area contributed by atoms with Gasteiger partial charge in [-0.1, -0.05) is 25.5 Å². The van der Waals surface area contributed by atoms with E-state index in [1.807, 2.05) is 25.1 Å². The molecule has 8 nitrogen and oxygen atoms in total. The quantitative estimate of drug-likeness (QED) is 0.647. The maximum absolute atomic E-state index is 13.3. The summed E-state index contributed by atoms with van der Waals surface area (Å²) in [6, 6.07) is 10.5. The topological polar surface area (TPSA) is 82.9 Å². The summed E-state index contributed by atoms with van der Waals surface area (Å²) >= 11 is 0. The summed E-state index contributed by atoms with van der Waals surface area (Å²) in [5, 5.41) is 3.35. The number of amides is 1. The number of likely N-dealkylation sites (tertiary alicyclic amines) is 1. The third kappa shape index (κ3) is 4.15. The van der Waals surface area contributed by atoms with Crippen LogP contribution in [0.3, 0.4) is 0 Å². The number of hydrogen-bond donors (Lipinski definition) is 1. The lowest BCUT2D eigenvalue weighted by molar-refractivity contribution is -0.131. The molecular formula is C25H31N5O3. The number of rotatable bonds is 5. The molecule has 4 heterocycles. The number of carbonyl (C=O) groups excluding carboxylic acids is 1. The van der Waals surface area contributed by atoms with Crippen molar-refractivity contribution in [3.05, 3.63) is 63.2 Å². The number of aromatic nitrogens is 3. The molecule has 1 amide bonds. The highest BCUT2D eigenvalue weighted by Gasteiger charge is 2.28. The fourth-order valence-corrected chi connectivity index (χ4v) is 5.11. The van der Waals surface area contributed by atoms with Gasteiger partial charge in [0.25, 0.3) is 5.56 Å². The molecule has 1 fully saturated rings. The molecule has 0 radical (unpaired) electrons. The molecule has 2 aromatic heterocycles. The number of hydrogen-bond acceptors (Lipinski definition) is 5. The van der Waals surface area contributed by atoms with Gasteiger partial charge in [0, 0.05) is 32.0 Å². The number of nitrogens with zero attached hydrogens (tertiary/aromatic N) is 4. The van der Waals surface area contributed by atoms with Crippen molar-refractivity contribution in [1.29, 1.82) is 0 Å². The lowest BCUT2D eigenvalue weighted by atomic mass is 9.98. The smallest absolute Gasteiger partial charge is 0.277 e. The maximum atomic E-state index is 13.3. The molecule has 3 aromatic rings. The number of piperidine rings is 1. The lowest BCUT2D eigenvalue weighted by Gasteiger charge is -2.35. The number of aromatic amines is 1. The van der Waals surface area contributed by atoms with Crippen LogP contribution in [0.4, 0.5) is 0 Å². The summed E-state index contributed by atoms with van der Waals surface area (Å²) in [6.45, 7) is 4.68. The Morgan fingerprint density at radius 3 is 2.79 bits per heavy atom. The number of methoxy groups -OCH3 is 1. The highest BCUT2D eigenvalue weighted by Crippen LogP contribution is 2.32. The van der Waals surface area contributed by atoms with Crippen LogP contribution in [0, 0.1) is 0 Å². The van der Waals surface area contributed by atoms with Crippen molar-refractivity contribution in [3.8, 4) is 5.75 Å². The van der Waals surface area contributed by atoms with E-state index in [1.165, 1.54) is 12.0 Å². The molecule has 2 aliphatic rings. The molecule has 33 heavy (non-hydrogen) atoms. The number of nitrogens with one attached hydrogen (secondary N) is 1. The van der Waals surface area contributed by atoms with Crippen molar-refractivity contribution in [2.45, 2.75) is 58.2 Å². The minimum absolute atomic E-state index is 0.0775. The maximum Gasteiger partial charge on any atom is 0.277 e. The second-order valence-corrected chi connectivity index (χ2v) is 9.00. The van der Waals surface area contributed by atoms with Gasteiger partial charge in [-0.05, 0) is 37.1 Å². The third-order valence-corrected chi connectivity index (χ3v) is 6.95. The van der Waals surface area contributed by atoms with E-state index in [1.54, 1.807) is 16.5 Å². The minimum Gasteiger partial charge on any atom is -0.497 e. The number of H-pyrrole nitrogens is 1. The van der Waals surface area contributed by atoms with Crippen molar-refractivity contribution < 1.29 is 9.53 Å². The molecule has 0 aliphatic carbocycles. The van der Waals surface area contributed by atoms with Gasteiger partial charge in [0.15, 0.2) is 5.65 Å². The summed E-state index contributed by atoms with van der Waals surface area (Å²) < 4.78 is 6.85. The summed E-state index contributed by atoms with van der Waals surface area (Å²) in [7, 11) is 1.68. The SMILES string of the molecule is CCC(=O)N1CCc2nc3cc(C4CCCCN4Cc4ccc(OC)cc4)[nH]n3c(=O)c2C1. The second kappa shape index (κ2) is 9.02. The molecule has 1 saturated heterocycles. The molecular weight excluding hydrogens is 418 g/mol. The first-order chi connectivity index (χ1) is 16.1. The van der Waals surface area contributed by atoms with Gasteiger partial charge in [-0.2, -0.15) is 0 Å². The predicted molar refractivity (Wildman–Crippen MR) is 125 cm³/mol. The Kier molecular flexibility index (Phi) is 5.93. The van der Waals surface area contributed by atoms with Crippen molar-refractivity contribution >= 4 is 11.6 Å². The third-order valence-electron chi connectivity index (χ3n) is 6.95. The van der Waals surface area contributed by atoms with Crippen molar-refractivity contribution in [3.63, 3.8) is 0 Å². The van der Waals surface area contributed by atoms with Gasteiger partial charge in [0.1, 0.15) is 5.75 Å². The zero-order valence-electron chi connectivity index (χ0n) is 19.3. The van der Waals surface area contributed by atoms with Gasteiger partial charge in [0.05, 0.1) is 36.6 Å². The molecule has 1 aromatic carbocycles. The molecule has 0 spiro atoms. The largest absolute Gasteiger partial charge is 0.497 e. The van der Waals surface area contributed by atoms with Crippen LogP contribution >= 0.6 is 0 Å². The number of carbonyl (C=O) groups is 1. The monoisotopic (exact) mass is 449 g/mol. The molecule has 8 heteroatoms. The molecule has 1 atom stereocenters. The van der Waals surface area contributed by atoms with E-state index in [9.17, 15) is 9.59 Å². The van der Waals surface area contributed by atoms with Gasteiger partial charge >= 0.3 is 0 Å². The molecule has 174 valence electrons. The molecule has 1 N–H and O–H groups in total. The van der Waals surface area contributed by atoms with Crippen molar-refractivity contribution in [2.75, 3.05) is 20.2 Å². The Balaban J connectivity index is 1.44. The van der Waals surface area contributed by atoms with E-state index < -0.39 is 0 Å². The van der Waals surface area contributed by atoms with Gasteiger partial charge in [-0.15, -0.1) is 0 Å². The normalized spacial score (nSPS) is 19.0. The lowest BCUT2D eigenvalue weighted by Crippen LogP contribution is -2.40. The van der Waals surface area contributed by atoms with E-state index >= 15 is 0 Å². The fourth-order valence-electron chi connectivity index (χ4n) is 5.11. The Bertz CT molecular complexity index is 1210. The van der Waals surface area contributed by atoms with Crippen LogP contribution in [0.5, 0.6) is 5.75 Å². The van der Waals surface area contributed by atoms with Gasteiger partial charge in [0.2, 0.25) is 5.91 Å². The van der Waals surface area contributed by atoms with Crippen LogP contribution < -0.4 is 10.3 Å². The van der Waals surface area contributed by atoms with Crippen molar-refractivity contribution in [1.82, 2.24) is 24.4 Å². The van der Waals surface area contributed by atoms with E-state index in [2.05, 4.69) is 22.1 Å². The van der Waals surface area contributed by atoms with Crippen LogP contribution in [0.1, 0.15) is 61.2 Å². The Labute approximate surface area is 193 Å². The second-order valence-electron chi connectivity index (χ2n) is 9.00. The van der Waals surface area contributed by atoms with Crippen LogP contribution in [0.2, 0.25) is 0 Å². The zero-order chi connectivity index (χ0) is 22.9. The van der Waals surface area contributed by atoms with E-state index in [0.29, 0.717) is 37.1 Å². The Morgan fingerprint density at radius 1 is 1.21 bits per heavy atom. The first-order valence-electron chi connectivity index (χ1n) is 11.9. The van der Waals surface area contributed by atoms with Crippen LogP contribution in [0.25, 0.3) is 5.65 Å². The van der Waals surface area contributed by atoms with Crippen LogP contribution in [-0.4, -0.2) is 50.5 Å². The van der Waals surface area contributed by atoms with Gasteiger partial charge in [-0.25, -0.2) is 9.50 Å². The molecule has 0 saturated carbocycles. The summed E-state index contributed by atoms with van der Waals surface area (Å²) in [5.41, 5.74) is 4.30. The predicted octanol–water partition coefficient (Wildman–Crippen LogP) is 3.05. The zero-order valence-corrected chi connectivity index (χ0v) is 19.3. The summed E-state index contributed by atoms with van der Waals surface area (Å²) in [4.78, 5) is 34.5. The van der Waals surface area contributed by atoms with Gasteiger partial charge < -0.3 is 9.64 Å². The van der Waals surface area contributed by atoms with Crippen molar-refractivity contribution in [2.24, 2.45) is 0 Å². The highest BCUT2D eigenvalue weighted by molar-refractivity contribution is 5.76. The summed E-state index contributed by atoms with van der Waals surface area (Å²) in [6.07, 6.45) is 4.44. The molecule has 0 bridgehead atoms. The molecule has 5 rings (SSSR count). The Morgan fingerprint density at radius 2 is 2.03 bits per heavy atom. The standard InChI is InChI=1S/C25H31N5O3/c1-3-24(31)29-13-11-20-19(16-29)25(32)30-23(26-20)14-21(27-30)22-6-4-5-12-28(22)15-17-7-9-18(33-2)10-8-17/h7-10,14,22,27H,3-6,11-13,15-16H2,1-2H3.